The smallest absolute Gasteiger partial charge is 0.282 e. The predicted octanol–water partition coefficient (Wildman–Crippen LogP) is 1.97. The first kappa shape index (κ1) is 15.6. The molecule has 1 N–H and O–H groups in total. The molecule has 0 aliphatic rings. The van der Waals surface area contributed by atoms with E-state index in [0.29, 0.717) is 4.47 Å². The molecule has 112 valence electrons. The van der Waals surface area contributed by atoms with Crippen LogP contribution in [0.3, 0.4) is 0 Å². The third-order valence-electron chi connectivity index (χ3n) is 2.80. The number of nitro benzene ring substituents is 1. The highest BCUT2D eigenvalue weighted by atomic mass is 79.9. The maximum absolute atomic E-state index is 12.2. The van der Waals surface area contributed by atoms with E-state index in [4.69, 9.17) is 0 Å². The minimum atomic E-state index is -1.47. The van der Waals surface area contributed by atoms with Gasteiger partial charge in [0.05, 0.1) is 16.6 Å². The van der Waals surface area contributed by atoms with Crippen molar-refractivity contribution in [2.24, 2.45) is 0 Å². The molecule has 7 nitrogen and oxygen atoms in total. The van der Waals surface area contributed by atoms with Gasteiger partial charge in [0.25, 0.3) is 11.6 Å². The van der Waals surface area contributed by atoms with Gasteiger partial charge in [0, 0.05) is 16.1 Å². The zero-order chi connectivity index (χ0) is 16.3. The summed E-state index contributed by atoms with van der Waals surface area (Å²) in [6, 6.07) is 9.54. The van der Waals surface area contributed by atoms with Crippen molar-refractivity contribution in [3.8, 4) is 0 Å². The third-order valence-corrected chi connectivity index (χ3v) is 3.29. The normalized spacial score (nSPS) is 10.0. The number of hydrogen-bond acceptors (Lipinski definition) is 5. The number of anilines is 1. The average molecular weight is 364 g/mol. The van der Waals surface area contributed by atoms with Crippen molar-refractivity contribution < 1.29 is 19.6 Å². The lowest BCUT2D eigenvalue weighted by molar-refractivity contribution is -0.385. The van der Waals surface area contributed by atoms with Crippen LogP contribution in [0.25, 0.3) is 0 Å². The van der Waals surface area contributed by atoms with Crippen LogP contribution >= 0.6 is 15.9 Å². The monoisotopic (exact) mass is 363 g/mol. The maximum atomic E-state index is 12.2. The standard InChI is InChI=1S/C14H9BrN2O5/c15-8-5-6-11(10(7-8)14(19)20)16-13(18)9-3-1-2-4-12(9)17(21)22/h1-7H,(H,16,18)(H,19,20)/p-1. The zero-order valence-corrected chi connectivity index (χ0v) is 12.5. The summed E-state index contributed by atoms with van der Waals surface area (Å²) in [4.78, 5) is 33.5. The van der Waals surface area contributed by atoms with Gasteiger partial charge in [-0.3, -0.25) is 14.9 Å². The molecule has 1 amide bonds. The number of para-hydroxylation sites is 1. The molecular weight excluding hydrogens is 356 g/mol. The molecule has 0 atom stereocenters. The van der Waals surface area contributed by atoms with E-state index in [1.54, 1.807) is 0 Å². The average Bonchev–Trinajstić information content (AvgIpc) is 2.48. The summed E-state index contributed by atoms with van der Waals surface area (Å²) in [6.45, 7) is 0. The van der Waals surface area contributed by atoms with Gasteiger partial charge in [-0.05, 0) is 24.3 Å². The van der Waals surface area contributed by atoms with Gasteiger partial charge < -0.3 is 15.2 Å². The Bertz CT molecular complexity index is 776. The van der Waals surface area contributed by atoms with E-state index in [1.165, 1.54) is 42.5 Å². The van der Waals surface area contributed by atoms with Crippen molar-refractivity contribution >= 4 is 39.2 Å². The Morgan fingerprint density at radius 3 is 2.41 bits per heavy atom. The van der Waals surface area contributed by atoms with Crippen molar-refractivity contribution in [3.63, 3.8) is 0 Å². The van der Waals surface area contributed by atoms with E-state index >= 15 is 0 Å². The maximum Gasteiger partial charge on any atom is 0.282 e. The van der Waals surface area contributed by atoms with Crippen LogP contribution in [0, 0.1) is 10.1 Å². The summed E-state index contributed by atoms with van der Waals surface area (Å²) in [5.41, 5.74) is -0.778. The minimum absolute atomic E-state index is 0.00801. The highest BCUT2D eigenvalue weighted by Gasteiger charge is 2.20. The van der Waals surface area contributed by atoms with Gasteiger partial charge in [-0.25, -0.2) is 0 Å². The molecule has 2 aromatic rings. The van der Waals surface area contributed by atoms with Crippen molar-refractivity contribution in [1.82, 2.24) is 0 Å². The number of benzene rings is 2. The van der Waals surface area contributed by atoms with Crippen LogP contribution in [-0.2, 0) is 0 Å². The molecule has 0 saturated heterocycles. The Balaban J connectivity index is 2.38. The second-order valence-electron chi connectivity index (χ2n) is 4.21. The van der Waals surface area contributed by atoms with Gasteiger partial charge >= 0.3 is 0 Å². The molecule has 8 heteroatoms. The summed E-state index contributed by atoms with van der Waals surface area (Å²) >= 11 is 3.11. The fourth-order valence-electron chi connectivity index (χ4n) is 1.81. The van der Waals surface area contributed by atoms with Crippen molar-refractivity contribution in [2.45, 2.75) is 0 Å². The molecule has 0 aliphatic carbocycles. The summed E-state index contributed by atoms with van der Waals surface area (Å²) in [7, 11) is 0. The van der Waals surface area contributed by atoms with Gasteiger partial charge in [0.15, 0.2) is 0 Å². The lowest BCUT2D eigenvalue weighted by atomic mass is 10.1. The largest absolute Gasteiger partial charge is 0.545 e. The number of carboxylic acid groups (broad SMARTS) is 1. The number of carboxylic acids is 1. The number of rotatable bonds is 4. The lowest BCUT2D eigenvalue weighted by Gasteiger charge is -2.12. The fraction of sp³-hybridized carbons (Fsp3) is 0. The Morgan fingerprint density at radius 2 is 1.77 bits per heavy atom. The van der Waals surface area contributed by atoms with E-state index < -0.39 is 16.8 Å². The van der Waals surface area contributed by atoms with Crippen LogP contribution in [0.5, 0.6) is 0 Å². The second-order valence-corrected chi connectivity index (χ2v) is 5.12. The number of nitro groups is 1. The van der Waals surface area contributed by atoms with Gasteiger partial charge in [0.1, 0.15) is 5.56 Å². The lowest BCUT2D eigenvalue weighted by Crippen LogP contribution is -2.25. The molecule has 0 fully saturated rings. The highest BCUT2D eigenvalue weighted by Crippen LogP contribution is 2.23. The summed E-state index contributed by atoms with van der Waals surface area (Å²) in [5, 5.41) is 24.3. The number of halogens is 1. The van der Waals surface area contributed by atoms with Crippen LogP contribution in [0.2, 0.25) is 0 Å². The molecule has 0 unspecified atom stereocenters. The number of aromatic carboxylic acids is 1. The number of carbonyl (C=O) groups is 2. The molecule has 0 saturated carbocycles. The van der Waals surface area contributed by atoms with Gasteiger partial charge in [-0.2, -0.15) is 0 Å². The molecule has 22 heavy (non-hydrogen) atoms. The SMILES string of the molecule is O=C([O-])c1cc(Br)ccc1NC(=O)c1ccccc1[N+](=O)[O-]. The number of amides is 1. The molecule has 2 rings (SSSR count). The van der Waals surface area contributed by atoms with Crippen LogP contribution < -0.4 is 10.4 Å². The van der Waals surface area contributed by atoms with Gasteiger partial charge in [-0.15, -0.1) is 0 Å². The Hall–Kier alpha value is -2.74. The Labute approximate surface area is 132 Å². The number of nitrogens with zero attached hydrogens (tertiary/aromatic N) is 1. The molecule has 2 aromatic carbocycles. The highest BCUT2D eigenvalue weighted by molar-refractivity contribution is 9.10. The first-order valence-electron chi connectivity index (χ1n) is 5.96. The third kappa shape index (κ3) is 3.29. The van der Waals surface area contributed by atoms with E-state index in [0.717, 1.165) is 0 Å². The summed E-state index contributed by atoms with van der Waals surface area (Å²) in [6.07, 6.45) is 0. The zero-order valence-electron chi connectivity index (χ0n) is 10.9. The van der Waals surface area contributed by atoms with Crippen molar-refractivity contribution in [2.75, 3.05) is 5.32 Å². The van der Waals surface area contributed by atoms with E-state index in [1.807, 2.05) is 0 Å². The predicted molar refractivity (Wildman–Crippen MR) is 79.5 cm³/mol. The Kier molecular flexibility index (Phi) is 4.52. The van der Waals surface area contributed by atoms with Crippen molar-refractivity contribution in [1.29, 1.82) is 0 Å². The van der Waals surface area contributed by atoms with E-state index in [-0.39, 0.29) is 22.5 Å². The minimum Gasteiger partial charge on any atom is -0.545 e. The van der Waals surface area contributed by atoms with Gasteiger partial charge in [-0.1, -0.05) is 28.1 Å². The fourth-order valence-corrected chi connectivity index (χ4v) is 2.17. The van der Waals surface area contributed by atoms with Crippen LogP contribution in [-0.4, -0.2) is 16.8 Å². The number of nitrogens with one attached hydrogen (secondary N) is 1. The summed E-state index contributed by atoms with van der Waals surface area (Å²) in [5.74, 6) is -2.25. The second kappa shape index (κ2) is 6.35. The van der Waals surface area contributed by atoms with E-state index in [9.17, 15) is 24.8 Å². The quantitative estimate of drug-likeness (QED) is 0.658. The first-order chi connectivity index (χ1) is 10.4. The molecule has 0 aromatic heterocycles. The molecule has 0 heterocycles. The van der Waals surface area contributed by atoms with E-state index in [2.05, 4.69) is 21.2 Å². The van der Waals surface area contributed by atoms with Crippen LogP contribution in [0.15, 0.2) is 46.9 Å². The number of carbonyl (C=O) groups excluding carboxylic acids is 2. The molecule has 0 radical (unpaired) electrons. The van der Waals surface area contributed by atoms with Crippen LogP contribution in [0.1, 0.15) is 20.7 Å². The molecular formula is C14H8BrN2O5-. The molecule has 0 spiro atoms. The Morgan fingerprint density at radius 1 is 1.09 bits per heavy atom. The molecule has 0 bridgehead atoms. The van der Waals surface area contributed by atoms with Gasteiger partial charge in [0.2, 0.25) is 0 Å². The summed E-state index contributed by atoms with van der Waals surface area (Å²) < 4.78 is 0.496. The number of hydrogen-bond donors (Lipinski definition) is 1. The first-order valence-corrected chi connectivity index (χ1v) is 6.75. The molecule has 0 aliphatic heterocycles. The topological polar surface area (TPSA) is 112 Å². The van der Waals surface area contributed by atoms with Crippen molar-refractivity contribution in [3.05, 3.63) is 68.2 Å². The van der Waals surface area contributed by atoms with Crippen LogP contribution in [0.4, 0.5) is 11.4 Å².